The average molecular weight is 482 g/mol. The van der Waals surface area contributed by atoms with Gasteiger partial charge < -0.3 is 15.4 Å². The van der Waals surface area contributed by atoms with Gasteiger partial charge in [0.25, 0.3) is 0 Å². The Balaban J connectivity index is 0.00000364. The highest BCUT2D eigenvalue weighted by molar-refractivity contribution is 14.0. The van der Waals surface area contributed by atoms with Crippen LogP contribution in [0.15, 0.2) is 41.4 Å². The van der Waals surface area contributed by atoms with Crippen LogP contribution in [0.5, 0.6) is 5.75 Å². The first-order valence-electron chi connectivity index (χ1n) is 8.42. The number of benzene rings is 2. The van der Waals surface area contributed by atoms with Gasteiger partial charge in [-0.2, -0.15) is 5.26 Å². The van der Waals surface area contributed by atoms with Gasteiger partial charge in [0, 0.05) is 31.3 Å². The van der Waals surface area contributed by atoms with Gasteiger partial charge in [0.05, 0.1) is 18.2 Å². The number of nitrogens with one attached hydrogen (secondary N) is 2. The van der Waals surface area contributed by atoms with Crippen LogP contribution in [-0.4, -0.2) is 19.6 Å². The van der Waals surface area contributed by atoms with Crippen LogP contribution >= 0.6 is 24.0 Å². The molecule has 0 aliphatic rings. The van der Waals surface area contributed by atoms with E-state index in [9.17, 15) is 4.39 Å². The lowest BCUT2D eigenvalue weighted by molar-refractivity contribution is 0.336. The SMILES string of the molecule is CCOc1cc(C)ccc1CNC(=NC)NCc1cc(C#N)ccc1F.I. The molecule has 0 atom stereocenters. The molecule has 2 aromatic carbocycles. The van der Waals surface area contributed by atoms with Crippen molar-refractivity contribution in [1.29, 1.82) is 5.26 Å². The summed E-state index contributed by atoms with van der Waals surface area (Å²) in [5.41, 5.74) is 2.98. The van der Waals surface area contributed by atoms with Gasteiger partial charge in [0.2, 0.25) is 0 Å². The summed E-state index contributed by atoms with van der Waals surface area (Å²) >= 11 is 0. The van der Waals surface area contributed by atoms with Crippen molar-refractivity contribution in [3.8, 4) is 11.8 Å². The number of hydrogen-bond donors (Lipinski definition) is 2. The molecule has 0 amide bonds. The van der Waals surface area contributed by atoms with E-state index in [4.69, 9.17) is 10.00 Å². The lowest BCUT2D eigenvalue weighted by Crippen LogP contribution is -2.36. The summed E-state index contributed by atoms with van der Waals surface area (Å²) in [7, 11) is 1.65. The molecular weight excluding hydrogens is 458 g/mol. The normalized spacial score (nSPS) is 10.6. The molecule has 2 N–H and O–H groups in total. The molecule has 144 valence electrons. The molecule has 0 bridgehead atoms. The molecule has 0 saturated carbocycles. The number of rotatable bonds is 6. The maximum atomic E-state index is 13.9. The third kappa shape index (κ3) is 6.71. The number of nitriles is 1. The zero-order chi connectivity index (χ0) is 18.9. The van der Waals surface area contributed by atoms with Crippen LogP contribution in [0.4, 0.5) is 4.39 Å². The second-order valence-electron chi connectivity index (χ2n) is 5.74. The minimum atomic E-state index is -0.357. The quantitative estimate of drug-likeness (QED) is 0.373. The van der Waals surface area contributed by atoms with E-state index in [1.165, 1.54) is 18.2 Å². The van der Waals surface area contributed by atoms with Gasteiger partial charge in [-0.3, -0.25) is 4.99 Å². The van der Waals surface area contributed by atoms with E-state index in [-0.39, 0.29) is 36.3 Å². The monoisotopic (exact) mass is 482 g/mol. The van der Waals surface area contributed by atoms with Gasteiger partial charge in [0.15, 0.2) is 5.96 Å². The predicted octanol–water partition coefficient (Wildman–Crippen LogP) is 3.89. The van der Waals surface area contributed by atoms with Gasteiger partial charge in [-0.15, -0.1) is 24.0 Å². The first-order chi connectivity index (χ1) is 12.6. The Morgan fingerprint density at radius 2 is 1.85 bits per heavy atom. The van der Waals surface area contributed by atoms with Crippen molar-refractivity contribution in [2.24, 2.45) is 4.99 Å². The maximum absolute atomic E-state index is 13.9. The molecule has 0 aliphatic heterocycles. The van der Waals surface area contributed by atoms with Crippen LogP contribution in [-0.2, 0) is 13.1 Å². The van der Waals surface area contributed by atoms with Crippen molar-refractivity contribution in [1.82, 2.24) is 10.6 Å². The highest BCUT2D eigenvalue weighted by Gasteiger charge is 2.07. The summed E-state index contributed by atoms with van der Waals surface area (Å²) in [6, 6.07) is 12.3. The largest absolute Gasteiger partial charge is 0.494 e. The first kappa shape index (κ1) is 22.7. The number of aryl methyl sites for hydroxylation is 1. The smallest absolute Gasteiger partial charge is 0.191 e. The highest BCUT2D eigenvalue weighted by atomic mass is 127. The molecule has 2 rings (SSSR count). The molecule has 0 heterocycles. The van der Waals surface area contributed by atoms with Gasteiger partial charge >= 0.3 is 0 Å². The van der Waals surface area contributed by atoms with Crippen LogP contribution in [0, 0.1) is 24.1 Å². The van der Waals surface area contributed by atoms with Gasteiger partial charge in [-0.25, -0.2) is 4.39 Å². The number of hydrogen-bond acceptors (Lipinski definition) is 3. The number of guanidine groups is 1. The number of ether oxygens (including phenoxy) is 1. The van der Waals surface area contributed by atoms with Crippen LogP contribution in [0.25, 0.3) is 0 Å². The minimum absolute atomic E-state index is 0. The Labute approximate surface area is 176 Å². The summed E-state index contributed by atoms with van der Waals surface area (Å²) in [5, 5.41) is 15.2. The molecule has 0 aliphatic carbocycles. The fourth-order valence-corrected chi connectivity index (χ4v) is 2.46. The molecule has 0 fully saturated rings. The molecule has 2 aromatic rings. The van der Waals surface area contributed by atoms with E-state index in [2.05, 4.69) is 15.6 Å². The van der Waals surface area contributed by atoms with E-state index in [1.54, 1.807) is 7.05 Å². The third-order valence-electron chi connectivity index (χ3n) is 3.81. The van der Waals surface area contributed by atoms with Gasteiger partial charge in [-0.05, 0) is 43.7 Å². The molecule has 0 radical (unpaired) electrons. The molecule has 7 heteroatoms. The Bertz CT molecular complexity index is 833. The van der Waals surface area contributed by atoms with Gasteiger partial charge in [-0.1, -0.05) is 12.1 Å². The summed E-state index contributed by atoms with van der Waals surface area (Å²) < 4.78 is 19.5. The molecule has 0 unspecified atom stereocenters. The predicted molar refractivity (Wildman–Crippen MR) is 116 cm³/mol. The second-order valence-corrected chi connectivity index (χ2v) is 5.74. The lowest BCUT2D eigenvalue weighted by Gasteiger charge is -2.15. The van der Waals surface area contributed by atoms with E-state index in [1.807, 2.05) is 38.1 Å². The van der Waals surface area contributed by atoms with E-state index in [0.29, 0.717) is 30.2 Å². The van der Waals surface area contributed by atoms with Crippen LogP contribution < -0.4 is 15.4 Å². The Hall–Kier alpha value is -2.34. The summed E-state index contributed by atoms with van der Waals surface area (Å²) in [4.78, 5) is 4.15. The standard InChI is InChI=1S/C20H23FN4O.HI/c1-4-26-19-9-14(2)5-7-16(19)12-24-20(23-3)25-13-17-10-15(11-22)6-8-18(17)21;/h5-10H,4,12-13H2,1-3H3,(H2,23,24,25);1H. The topological polar surface area (TPSA) is 69.4 Å². The minimum Gasteiger partial charge on any atom is -0.494 e. The zero-order valence-electron chi connectivity index (χ0n) is 15.7. The molecule has 5 nitrogen and oxygen atoms in total. The molecule has 27 heavy (non-hydrogen) atoms. The second kappa shape index (κ2) is 11.4. The van der Waals surface area contributed by atoms with E-state index in [0.717, 1.165) is 16.9 Å². The summed E-state index contributed by atoms with van der Waals surface area (Å²) in [6.07, 6.45) is 0. The lowest BCUT2D eigenvalue weighted by atomic mass is 10.1. The molecule has 0 spiro atoms. The highest BCUT2D eigenvalue weighted by Crippen LogP contribution is 2.20. The van der Waals surface area contributed by atoms with Gasteiger partial charge in [0.1, 0.15) is 11.6 Å². The Morgan fingerprint density at radius 1 is 1.15 bits per heavy atom. The third-order valence-corrected chi connectivity index (χ3v) is 3.81. The summed E-state index contributed by atoms with van der Waals surface area (Å²) in [6.45, 7) is 5.31. The summed E-state index contributed by atoms with van der Waals surface area (Å²) in [5.74, 6) is 1.02. The molecular formula is C20H24FIN4O. The van der Waals surface area contributed by atoms with Crippen molar-refractivity contribution in [2.45, 2.75) is 26.9 Å². The molecule has 0 aromatic heterocycles. The first-order valence-corrected chi connectivity index (χ1v) is 8.42. The van der Waals surface area contributed by atoms with Crippen molar-refractivity contribution in [3.63, 3.8) is 0 Å². The van der Waals surface area contributed by atoms with Crippen molar-refractivity contribution >= 4 is 29.9 Å². The Kier molecular flexibility index (Phi) is 9.58. The fourth-order valence-electron chi connectivity index (χ4n) is 2.46. The van der Waals surface area contributed by atoms with Crippen molar-refractivity contribution in [2.75, 3.05) is 13.7 Å². The number of halogens is 2. The van der Waals surface area contributed by atoms with E-state index >= 15 is 0 Å². The Morgan fingerprint density at radius 3 is 2.48 bits per heavy atom. The van der Waals surface area contributed by atoms with Crippen LogP contribution in [0.3, 0.4) is 0 Å². The maximum Gasteiger partial charge on any atom is 0.191 e. The number of nitrogens with zero attached hydrogens (tertiary/aromatic N) is 2. The fraction of sp³-hybridized carbons (Fsp3) is 0.300. The van der Waals surface area contributed by atoms with Crippen molar-refractivity contribution < 1.29 is 9.13 Å². The average Bonchev–Trinajstić information content (AvgIpc) is 2.64. The van der Waals surface area contributed by atoms with E-state index < -0.39 is 0 Å². The number of aliphatic imine (C=N–C) groups is 1. The molecule has 0 saturated heterocycles. The van der Waals surface area contributed by atoms with Crippen molar-refractivity contribution in [3.05, 3.63) is 64.5 Å². The van der Waals surface area contributed by atoms with Crippen LogP contribution in [0.1, 0.15) is 29.2 Å². The van der Waals surface area contributed by atoms with Crippen LogP contribution in [0.2, 0.25) is 0 Å². The zero-order valence-corrected chi connectivity index (χ0v) is 18.0.